The van der Waals surface area contributed by atoms with Gasteiger partial charge in [0, 0.05) is 37.0 Å². The summed E-state index contributed by atoms with van der Waals surface area (Å²) in [6.45, 7) is 3.92. The van der Waals surface area contributed by atoms with Crippen molar-refractivity contribution in [3.63, 3.8) is 0 Å². The number of hydrogen-bond donors (Lipinski definition) is 1. The Balaban J connectivity index is 1.64. The van der Waals surface area contributed by atoms with Crippen LogP contribution in [0.3, 0.4) is 0 Å². The number of nitrogens with one attached hydrogen (secondary N) is 1. The summed E-state index contributed by atoms with van der Waals surface area (Å²) in [5, 5.41) is 7.19. The lowest BCUT2D eigenvalue weighted by molar-refractivity contribution is -0.126. The van der Waals surface area contributed by atoms with E-state index in [1.165, 1.54) is 0 Å². The van der Waals surface area contributed by atoms with Gasteiger partial charge in [0.05, 0.1) is 30.7 Å². The van der Waals surface area contributed by atoms with Crippen LogP contribution in [0.4, 0.5) is 0 Å². The summed E-state index contributed by atoms with van der Waals surface area (Å²) < 4.78 is 12.6. The molecule has 112 valence electrons. The minimum Gasteiger partial charge on any atom is -0.472 e. The summed E-state index contributed by atoms with van der Waals surface area (Å²) in [7, 11) is 0. The summed E-state index contributed by atoms with van der Waals surface area (Å²) in [5.41, 5.74) is 1.93. The first-order valence-electron chi connectivity index (χ1n) is 7.20. The third kappa shape index (κ3) is 3.00. The quantitative estimate of drug-likeness (QED) is 0.912. The molecule has 0 aliphatic carbocycles. The average molecular weight is 289 g/mol. The molecule has 0 radical (unpaired) electrons. The van der Waals surface area contributed by atoms with Gasteiger partial charge in [-0.1, -0.05) is 0 Å². The average Bonchev–Trinajstić information content (AvgIpc) is 3.23. The topological polar surface area (TPSA) is 69.3 Å². The Morgan fingerprint density at radius 2 is 2.48 bits per heavy atom. The summed E-state index contributed by atoms with van der Waals surface area (Å²) >= 11 is 0. The lowest BCUT2D eigenvalue weighted by Crippen LogP contribution is -2.31. The Bertz CT molecular complexity index is 591. The van der Waals surface area contributed by atoms with Crippen LogP contribution in [-0.4, -0.2) is 22.3 Å². The van der Waals surface area contributed by atoms with Gasteiger partial charge >= 0.3 is 0 Å². The van der Waals surface area contributed by atoms with Crippen LogP contribution in [0.15, 0.2) is 35.4 Å². The lowest BCUT2D eigenvalue weighted by atomic mass is 9.96. The number of carbonyl (C=O) groups excluding carboxylic acids is 1. The zero-order valence-corrected chi connectivity index (χ0v) is 12.0. The largest absolute Gasteiger partial charge is 0.472 e. The molecule has 1 aliphatic heterocycles. The molecule has 1 fully saturated rings. The molecule has 6 nitrogen and oxygen atoms in total. The molecule has 0 aromatic carbocycles. The van der Waals surface area contributed by atoms with Gasteiger partial charge in [-0.3, -0.25) is 9.48 Å². The predicted octanol–water partition coefficient (Wildman–Crippen LogP) is 1.89. The highest BCUT2D eigenvalue weighted by Crippen LogP contribution is 2.34. The van der Waals surface area contributed by atoms with E-state index < -0.39 is 0 Å². The van der Waals surface area contributed by atoms with Gasteiger partial charge in [0.15, 0.2) is 0 Å². The maximum atomic E-state index is 12.4. The number of aromatic nitrogens is 2. The molecule has 1 N–H and O–H groups in total. The van der Waals surface area contributed by atoms with E-state index in [1.54, 1.807) is 18.7 Å². The Kier molecular flexibility index (Phi) is 4.06. The fraction of sp³-hybridized carbons (Fsp3) is 0.467. The Morgan fingerprint density at radius 1 is 1.57 bits per heavy atom. The van der Waals surface area contributed by atoms with E-state index in [9.17, 15) is 4.79 Å². The van der Waals surface area contributed by atoms with Crippen LogP contribution >= 0.6 is 0 Å². The smallest absolute Gasteiger partial charge is 0.226 e. The third-order valence-corrected chi connectivity index (χ3v) is 3.78. The molecular formula is C15H19N3O3. The van der Waals surface area contributed by atoms with Crippen LogP contribution < -0.4 is 5.32 Å². The van der Waals surface area contributed by atoms with Crippen LogP contribution in [0.2, 0.25) is 0 Å². The first-order chi connectivity index (χ1) is 10.3. The molecular weight excluding hydrogens is 270 g/mol. The molecule has 0 unspecified atom stereocenters. The number of carbonyl (C=O) groups is 1. The number of hydrogen-bond acceptors (Lipinski definition) is 4. The Hall–Kier alpha value is -2.08. The molecule has 0 bridgehead atoms. The summed E-state index contributed by atoms with van der Waals surface area (Å²) in [5.74, 6) is -0.144. The monoisotopic (exact) mass is 289 g/mol. The minimum atomic E-state index is -0.199. The van der Waals surface area contributed by atoms with Crippen molar-refractivity contribution in [2.75, 3.05) is 6.61 Å². The number of amides is 1. The van der Waals surface area contributed by atoms with Gasteiger partial charge in [-0.05, 0) is 19.4 Å². The minimum absolute atomic E-state index is 0.0166. The second-order valence-electron chi connectivity index (χ2n) is 5.17. The Morgan fingerprint density at radius 3 is 3.19 bits per heavy atom. The van der Waals surface area contributed by atoms with E-state index in [0.717, 1.165) is 24.1 Å². The molecule has 2 aromatic heterocycles. The van der Waals surface area contributed by atoms with Crippen molar-refractivity contribution in [1.29, 1.82) is 0 Å². The van der Waals surface area contributed by atoms with E-state index in [0.29, 0.717) is 13.2 Å². The van der Waals surface area contributed by atoms with Crippen molar-refractivity contribution < 1.29 is 13.9 Å². The van der Waals surface area contributed by atoms with Gasteiger partial charge < -0.3 is 14.5 Å². The standard InChI is InChI=1S/C15H19N3O3/c1-2-18-9-12(8-17-18)14-13(4-6-21-14)15(19)16-7-11-3-5-20-10-11/h3,5,8-10,13-14H,2,4,6-7H2,1H3,(H,16,19)/t13-,14+/m0/s1. The molecule has 3 heterocycles. The van der Waals surface area contributed by atoms with Gasteiger partial charge in [0.25, 0.3) is 0 Å². The van der Waals surface area contributed by atoms with Gasteiger partial charge in [0.2, 0.25) is 5.91 Å². The molecule has 1 aliphatic rings. The number of furan rings is 1. The third-order valence-electron chi connectivity index (χ3n) is 3.78. The fourth-order valence-corrected chi connectivity index (χ4v) is 2.60. The lowest BCUT2D eigenvalue weighted by Gasteiger charge is -2.16. The van der Waals surface area contributed by atoms with Crippen molar-refractivity contribution in [2.24, 2.45) is 5.92 Å². The molecule has 21 heavy (non-hydrogen) atoms. The molecule has 0 saturated carbocycles. The molecule has 2 atom stereocenters. The van der Waals surface area contributed by atoms with E-state index in [-0.39, 0.29) is 17.9 Å². The van der Waals surface area contributed by atoms with Crippen molar-refractivity contribution in [2.45, 2.75) is 32.5 Å². The summed E-state index contributed by atoms with van der Waals surface area (Å²) in [6.07, 6.45) is 7.51. The van der Waals surface area contributed by atoms with Crippen LogP contribution in [0, 0.1) is 5.92 Å². The van der Waals surface area contributed by atoms with E-state index in [2.05, 4.69) is 10.4 Å². The normalized spacial score (nSPS) is 21.6. The highest BCUT2D eigenvalue weighted by atomic mass is 16.5. The number of nitrogens with zero attached hydrogens (tertiary/aromatic N) is 2. The maximum Gasteiger partial charge on any atom is 0.226 e. The fourth-order valence-electron chi connectivity index (χ4n) is 2.60. The SMILES string of the molecule is CCn1cc([C@H]2OCC[C@@H]2C(=O)NCc2ccoc2)cn1. The molecule has 1 saturated heterocycles. The second kappa shape index (κ2) is 6.13. The van der Waals surface area contributed by atoms with Gasteiger partial charge in [-0.2, -0.15) is 5.10 Å². The molecule has 0 spiro atoms. The zero-order valence-electron chi connectivity index (χ0n) is 12.0. The molecule has 2 aromatic rings. The van der Waals surface area contributed by atoms with Crippen LogP contribution in [-0.2, 0) is 22.6 Å². The summed E-state index contributed by atoms with van der Waals surface area (Å²) in [4.78, 5) is 12.4. The van der Waals surface area contributed by atoms with E-state index in [4.69, 9.17) is 9.15 Å². The first-order valence-corrected chi connectivity index (χ1v) is 7.20. The Labute approximate surface area is 123 Å². The van der Waals surface area contributed by atoms with Crippen LogP contribution in [0.5, 0.6) is 0 Å². The van der Waals surface area contributed by atoms with E-state index in [1.807, 2.05) is 23.9 Å². The number of aryl methyl sites for hydroxylation is 1. The van der Waals surface area contributed by atoms with Crippen molar-refractivity contribution in [3.8, 4) is 0 Å². The zero-order chi connectivity index (χ0) is 14.7. The van der Waals surface area contributed by atoms with Crippen LogP contribution in [0.1, 0.15) is 30.6 Å². The van der Waals surface area contributed by atoms with Crippen molar-refractivity contribution >= 4 is 5.91 Å². The highest BCUT2D eigenvalue weighted by Gasteiger charge is 2.35. The number of ether oxygens (including phenoxy) is 1. The summed E-state index contributed by atoms with van der Waals surface area (Å²) in [6, 6.07) is 1.84. The van der Waals surface area contributed by atoms with Gasteiger partial charge in [0.1, 0.15) is 0 Å². The molecule has 1 amide bonds. The van der Waals surface area contributed by atoms with Crippen molar-refractivity contribution in [1.82, 2.24) is 15.1 Å². The van der Waals surface area contributed by atoms with E-state index >= 15 is 0 Å². The van der Waals surface area contributed by atoms with Gasteiger partial charge in [-0.15, -0.1) is 0 Å². The number of rotatable bonds is 5. The molecule has 3 rings (SSSR count). The second-order valence-corrected chi connectivity index (χ2v) is 5.17. The predicted molar refractivity (Wildman–Crippen MR) is 75.3 cm³/mol. The molecule has 6 heteroatoms. The van der Waals surface area contributed by atoms with Gasteiger partial charge in [-0.25, -0.2) is 0 Å². The maximum absolute atomic E-state index is 12.4. The van der Waals surface area contributed by atoms with Crippen molar-refractivity contribution in [3.05, 3.63) is 42.1 Å². The van der Waals surface area contributed by atoms with Crippen LogP contribution in [0.25, 0.3) is 0 Å². The first kappa shape index (κ1) is 13.9. The highest BCUT2D eigenvalue weighted by molar-refractivity contribution is 5.79.